The van der Waals surface area contributed by atoms with Crippen molar-refractivity contribution >= 4 is 17.3 Å². The SMILES string of the molecule is CCOC1(c2ncc(C(=O)OC)s2)CCCC1. The molecule has 4 nitrogen and oxygen atoms in total. The monoisotopic (exact) mass is 255 g/mol. The Hall–Kier alpha value is -0.940. The van der Waals surface area contributed by atoms with Crippen LogP contribution in [0, 0.1) is 0 Å². The molecule has 94 valence electrons. The lowest BCUT2D eigenvalue weighted by Gasteiger charge is -2.26. The van der Waals surface area contributed by atoms with Crippen molar-refractivity contribution in [2.75, 3.05) is 13.7 Å². The first-order valence-electron chi connectivity index (χ1n) is 5.90. The second kappa shape index (κ2) is 5.14. The molecule has 0 radical (unpaired) electrons. The molecule has 0 amide bonds. The van der Waals surface area contributed by atoms with E-state index in [1.165, 1.54) is 18.4 Å². The van der Waals surface area contributed by atoms with Crippen LogP contribution in [0.5, 0.6) is 0 Å². The Morgan fingerprint density at radius 1 is 1.53 bits per heavy atom. The number of nitrogens with zero attached hydrogens (tertiary/aromatic N) is 1. The van der Waals surface area contributed by atoms with Gasteiger partial charge in [0.1, 0.15) is 15.5 Å². The Morgan fingerprint density at radius 2 is 2.24 bits per heavy atom. The van der Waals surface area contributed by atoms with Gasteiger partial charge >= 0.3 is 5.97 Å². The summed E-state index contributed by atoms with van der Waals surface area (Å²) in [6.07, 6.45) is 5.90. The van der Waals surface area contributed by atoms with E-state index < -0.39 is 0 Å². The van der Waals surface area contributed by atoms with E-state index >= 15 is 0 Å². The fourth-order valence-corrected chi connectivity index (χ4v) is 3.36. The third kappa shape index (κ3) is 2.35. The lowest BCUT2D eigenvalue weighted by molar-refractivity contribution is -0.0391. The first-order valence-corrected chi connectivity index (χ1v) is 6.72. The molecule has 1 aliphatic rings. The third-order valence-corrected chi connectivity index (χ3v) is 4.28. The number of carbonyl (C=O) groups excluding carboxylic acids is 1. The highest BCUT2D eigenvalue weighted by molar-refractivity contribution is 7.13. The van der Waals surface area contributed by atoms with Gasteiger partial charge in [-0.15, -0.1) is 11.3 Å². The van der Waals surface area contributed by atoms with Gasteiger partial charge in [-0.3, -0.25) is 0 Å². The normalized spacial score (nSPS) is 18.2. The molecular formula is C12H17NO3S. The molecule has 1 aromatic rings. The highest BCUT2D eigenvalue weighted by Crippen LogP contribution is 2.43. The predicted octanol–water partition coefficient (Wildman–Crippen LogP) is 2.74. The molecule has 0 saturated heterocycles. The number of thiazole rings is 1. The Morgan fingerprint density at radius 3 is 2.82 bits per heavy atom. The van der Waals surface area contributed by atoms with Crippen molar-refractivity contribution < 1.29 is 14.3 Å². The molecule has 2 rings (SSSR count). The average molecular weight is 255 g/mol. The summed E-state index contributed by atoms with van der Waals surface area (Å²) in [6.45, 7) is 2.67. The number of aromatic nitrogens is 1. The summed E-state index contributed by atoms with van der Waals surface area (Å²) in [6, 6.07) is 0. The van der Waals surface area contributed by atoms with E-state index in [9.17, 15) is 4.79 Å². The van der Waals surface area contributed by atoms with Gasteiger partial charge in [-0.05, 0) is 19.8 Å². The van der Waals surface area contributed by atoms with Crippen LogP contribution >= 0.6 is 11.3 Å². The van der Waals surface area contributed by atoms with E-state index in [1.807, 2.05) is 6.92 Å². The van der Waals surface area contributed by atoms with Crippen LogP contribution in [0.15, 0.2) is 6.20 Å². The van der Waals surface area contributed by atoms with E-state index in [0.717, 1.165) is 30.7 Å². The highest BCUT2D eigenvalue weighted by atomic mass is 32.1. The fraction of sp³-hybridized carbons (Fsp3) is 0.667. The van der Waals surface area contributed by atoms with Gasteiger partial charge in [0.05, 0.1) is 13.3 Å². The van der Waals surface area contributed by atoms with E-state index in [2.05, 4.69) is 4.98 Å². The molecule has 1 heterocycles. The second-order valence-electron chi connectivity index (χ2n) is 4.16. The number of carbonyl (C=O) groups is 1. The Bertz CT molecular complexity index is 396. The number of rotatable bonds is 4. The predicted molar refractivity (Wildman–Crippen MR) is 65.2 cm³/mol. The van der Waals surface area contributed by atoms with Crippen molar-refractivity contribution in [2.24, 2.45) is 0 Å². The van der Waals surface area contributed by atoms with E-state index in [0.29, 0.717) is 11.5 Å². The molecule has 1 aromatic heterocycles. The first kappa shape index (κ1) is 12.5. The summed E-state index contributed by atoms with van der Waals surface area (Å²) in [7, 11) is 1.38. The maximum absolute atomic E-state index is 11.4. The molecule has 1 aliphatic carbocycles. The largest absolute Gasteiger partial charge is 0.465 e. The molecule has 1 saturated carbocycles. The molecule has 0 spiro atoms. The number of hydrogen-bond acceptors (Lipinski definition) is 5. The summed E-state index contributed by atoms with van der Waals surface area (Å²) in [4.78, 5) is 16.3. The quantitative estimate of drug-likeness (QED) is 0.776. The minimum absolute atomic E-state index is 0.258. The van der Waals surface area contributed by atoms with Crippen LogP contribution in [-0.4, -0.2) is 24.7 Å². The van der Waals surface area contributed by atoms with Gasteiger partial charge in [-0.25, -0.2) is 9.78 Å². The van der Waals surface area contributed by atoms with Crippen LogP contribution in [0.2, 0.25) is 0 Å². The first-order chi connectivity index (χ1) is 8.22. The summed E-state index contributed by atoms with van der Waals surface area (Å²) in [5.41, 5.74) is -0.258. The van der Waals surface area contributed by atoms with Gasteiger partial charge in [-0.2, -0.15) is 0 Å². The third-order valence-electron chi connectivity index (χ3n) is 3.11. The summed E-state index contributed by atoms with van der Waals surface area (Å²) in [5.74, 6) is -0.321. The van der Waals surface area contributed by atoms with Crippen LogP contribution in [0.25, 0.3) is 0 Å². The smallest absolute Gasteiger partial charge is 0.349 e. The van der Waals surface area contributed by atoms with Gasteiger partial charge in [0.15, 0.2) is 0 Å². The molecule has 0 aromatic carbocycles. The van der Waals surface area contributed by atoms with Gasteiger partial charge in [0, 0.05) is 6.61 Å². The Labute approximate surface area is 105 Å². The van der Waals surface area contributed by atoms with Gasteiger partial charge in [-0.1, -0.05) is 12.8 Å². The maximum Gasteiger partial charge on any atom is 0.349 e. The zero-order chi connectivity index (χ0) is 12.3. The van der Waals surface area contributed by atoms with Crippen LogP contribution in [0.4, 0.5) is 0 Å². The molecule has 5 heteroatoms. The van der Waals surface area contributed by atoms with Crippen molar-refractivity contribution in [3.8, 4) is 0 Å². The van der Waals surface area contributed by atoms with Crippen molar-refractivity contribution in [3.63, 3.8) is 0 Å². The highest BCUT2D eigenvalue weighted by Gasteiger charge is 2.39. The van der Waals surface area contributed by atoms with Crippen LogP contribution in [-0.2, 0) is 15.1 Å². The fourth-order valence-electron chi connectivity index (χ4n) is 2.32. The van der Waals surface area contributed by atoms with Gasteiger partial charge in [0.25, 0.3) is 0 Å². The minimum Gasteiger partial charge on any atom is -0.465 e. The van der Waals surface area contributed by atoms with Crippen molar-refractivity contribution in [1.29, 1.82) is 0 Å². The van der Waals surface area contributed by atoms with Crippen LogP contribution in [0.3, 0.4) is 0 Å². The van der Waals surface area contributed by atoms with Crippen molar-refractivity contribution in [3.05, 3.63) is 16.1 Å². The molecule has 0 unspecified atom stereocenters. The molecule has 1 fully saturated rings. The average Bonchev–Trinajstić information content (AvgIpc) is 2.97. The topological polar surface area (TPSA) is 48.4 Å². The lowest BCUT2D eigenvalue weighted by atomic mass is 10.0. The van der Waals surface area contributed by atoms with Crippen molar-refractivity contribution in [2.45, 2.75) is 38.2 Å². The number of methoxy groups -OCH3 is 1. The number of ether oxygens (including phenoxy) is 2. The summed E-state index contributed by atoms with van der Waals surface area (Å²) in [5, 5.41) is 0.914. The van der Waals surface area contributed by atoms with Gasteiger partial charge < -0.3 is 9.47 Å². The maximum atomic E-state index is 11.4. The van der Waals surface area contributed by atoms with E-state index in [1.54, 1.807) is 6.20 Å². The lowest BCUT2D eigenvalue weighted by Crippen LogP contribution is -2.25. The van der Waals surface area contributed by atoms with Crippen molar-refractivity contribution in [1.82, 2.24) is 4.98 Å². The molecule has 0 bridgehead atoms. The van der Waals surface area contributed by atoms with E-state index in [4.69, 9.17) is 9.47 Å². The molecule has 17 heavy (non-hydrogen) atoms. The second-order valence-corrected chi connectivity index (χ2v) is 5.19. The Kier molecular flexibility index (Phi) is 3.79. The Balaban J connectivity index is 2.25. The molecular weight excluding hydrogens is 238 g/mol. The zero-order valence-electron chi connectivity index (χ0n) is 10.2. The standard InChI is InChI=1S/C12H17NO3S/c1-3-16-12(6-4-5-7-12)11-13-8-9(17-11)10(14)15-2/h8H,3-7H2,1-2H3. The van der Waals surface area contributed by atoms with Gasteiger partial charge in [0.2, 0.25) is 0 Å². The number of esters is 1. The molecule has 0 aliphatic heterocycles. The summed E-state index contributed by atoms with van der Waals surface area (Å²) >= 11 is 1.39. The molecule has 0 atom stereocenters. The molecule has 0 N–H and O–H groups in total. The van der Waals surface area contributed by atoms with Crippen LogP contribution in [0.1, 0.15) is 47.3 Å². The summed E-state index contributed by atoms with van der Waals surface area (Å²) < 4.78 is 10.6. The number of hydrogen-bond donors (Lipinski definition) is 0. The minimum atomic E-state index is -0.321. The zero-order valence-corrected chi connectivity index (χ0v) is 11.0. The van der Waals surface area contributed by atoms with E-state index in [-0.39, 0.29) is 11.6 Å². The van der Waals surface area contributed by atoms with Crippen LogP contribution < -0.4 is 0 Å².